The van der Waals surface area contributed by atoms with Crippen molar-refractivity contribution in [3.63, 3.8) is 0 Å². The Kier molecular flexibility index (Phi) is 7.56. The number of rotatable bonds is 7. The number of halogens is 2. The molecule has 0 aliphatic heterocycles. The lowest BCUT2D eigenvalue weighted by Gasteiger charge is -2.17. The van der Waals surface area contributed by atoms with E-state index in [9.17, 15) is 14.0 Å². The first-order valence-electron chi connectivity index (χ1n) is 8.18. The SMILES string of the molecule is CN(CCC(=O)NC(=O)NCc1ccccc1)Cc1c(F)cccc1Cl. The van der Waals surface area contributed by atoms with Crippen LogP contribution in [0, 0.1) is 5.82 Å². The third-order valence-corrected chi connectivity index (χ3v) is 4.11. The van der Waals surface area contributed by atoms with Gasteiger partial charge in [-0.25, -0.2) is 9.18 Å². The average Bonchev–Trinajstić information content (AvgIpc) is 2.62. The maximum atomic E-state index is 13.8. The number of benzene rings is 2. The van der Waals surface area contributed by atoms with Gasteiger partial charge in [0, 0.05) is 36.6 Å². The van der Waals surface area contributed by atoms with Crippen molar-refractivity contribution >= 4 is 23.5 Å². The van der Waals surface area contributed by atoms with Crippen LogP contribution in [0.25, 0.3) is 0 Å². The number of hydrogen-bond donors (Lipinski definition) is 2. The second-order valence-corrected chi connectivity index (χ2v) is 6.31. The van der Waals surface area contributed by atoms with Crippen LogP contribution in [0.4, 0.5) is 9.18 Å². The molecule has 0 atom stereocenters. The smallest absolute Gasteiger partial charge is 0.321 e. The molecule has 2 rings (SSSR count). The van der Waals surface area contributed by atoms with Crippen molar-refractivity contribution in [1.29, 1.82) is 0 Å². The van der Waals surface area contributed by atoms with E-state index in [0.717, 1.165) is 5.56 Å². The number of carbonyl (C=O) groups excluding carboxylic acids is 2. The first kappa shape index (κ1) is 19.9. The van der Waals surface area contributed by atoms with Crippen LogP contribution in [-0.4, -0.2) is 30.4 Å². The molecule has 2 aromatic carbocycles. The van der Waals surface area contributed by atoms with Gasteiger partial charge in [0.05, 0.1) is 0 Å². The standard InChI is InChI=1S/C19H21ClFN3O2/c1-24(13-15-16(20)8-5-9-17(15)21)11-10-18(25)23-19(26)22-12-14-6-3-2-4-7-14/h2-9H,10-13H2,1H3,(H2,22,23,25,26). The molecule has 2 aromatic rings. The Hall–Kier alpha value is -2.44. The molecule has 0 heterocycles. The molecule has 7 heteroatoms. The average molecular weight is 378 g/mol. The quantitative estimate of drug-likeness (QED) is 0.778. The molecule has 0 saturated carbocycles. The number of hydrogen-bond acceptors (Lipinski definition) is 3. The first-order valence-corrected chi connectivity index (χ1v) is 8.56. The van der Waals surface area contributed by atoms with E-state index in [1.807, 2.05) is 30.3 Å². The Morgan fingerprint density at radius 2 is 1.85 bits per heavy atom. The zero-order valence-electron chi connectivity index (χ0n) is 14.5. The van der Waals surface area contributed by atoms with Gasteiger partial charge in [-0.15, -0.1) is 0 Å². The van der Waals surface area contributed by atoms with Crippen LogP contribution in [-0.2, 0) is 17.9 Å². The summed E-state index contributed by atoms with van der Waals surface area (Å²) >= 11 is 5.99. The van der Waals surface area contributed by atoms with Gasteiger partial charge in [-0.1, -0.05) is 48.0 Å². The Labute approximate surface area is 157 Å². The molecule has 0 aliphatic rings. The zero-order valence-corrected chi connectivity index (χ0v) is 15.2. The van der Waals surface area contributed by atoms with Gasteiger partial charge in [-0.3, -0.25) is 10.1 Å². The van der Waals surface area contributed by atoms with Gasteiger partial charge in [-0.2, -0.15) is 0 Å². The van der Waals surface area contributed by atoms with Crippen LogP contribution in [0.3, 0.4) is 0 Å². The molecule has 0 aliphatic carbocycles. The molecular weight excluding hydrogens is 357 g/mol. The summed E-state index contributed by atoms with van der Waals surface area (Å²) in [6.45, 7) is 0.979. The molecule has 0 saturated heterocycles. The predicted octanol–water partition coefficient (Wildman–Crippen LogP) is 3.33. The summed E-state index contributed by atoms with van der Waals surface area (Å²) in [6.07, 6.45) is 0.112. The minimum atomic E-state index is -0.543. The summed E-state index contributed by atoms with van der Waals surface area (Å²) < 4.78 is 13.8. The first-order chi connectivity index (χ1) is 12.5. The maximum absolute atomic E-state index is 13.8. The summed E-state index contributed by atoms with van der Waals surface area (Å²) in [6, 6.07) is 13.4. The molecule has 26 heavy (non-hydrogen) atoms. The topological polar surface area (TPSA) is 61.4 Å². The van der Waals surface area contributed by atoms with Crippen molar-refractivity contribution in [1.82, 2.24) is 15.5 Å². The largest absolute Gasteiger partial charge is 0.334 e. The highest BCUT2D eigenvalue weighted by Crippen LogP contribution is 2.20. The summed E-state index contributed by atoms with van der Waals surface area (Å²) in [5.74, 6) is -0.781. The van der Waals surface area contributed by atoms with Crippen LogP contribution >= 0.6 is 11.6 Å². The highest BCUT2D eigenvalue weighted by Gasteiger charge is 2.12. The Balaban J connectivity index is 1.71. The van der Waals surface area contributed by atoms with Crippen LogP contribution in [0.1, 0.15) is 17.5 Å². The minimum Gasteiger partial charge on any atom is -0.334 e. The highest BCUT2D eigenvalue weighted by molar-refractivity contribution is 6.31. The Bertz CT molecular complexity index is 735. The van der Waals surface area contributed by atoms with Crippen molar-refractivity contribution < 1.29 is 14.0 Å². The van der Waals surface area contributed by atoms with Gasteiger partial charge in [0.2, 0.25) is 5.91 Å². The van der Waals surface area contributed by atoms with Crippen molar-refractivity contribution in [3.05, 3.63) is 70.5 Å². The number of amides is 3. The number of imide groups is 1. The van der Waals surface area contributed by atoms with Gasteiger partial charge < -0.3 is 10.2 Å². The van der Waals surface area contributed by atoms with E-state index in [4.69, 9.17) is 11.6 Å². The van der Waals surface area contributed by atoms with Crippen molar-refractivity contribution in [2.75, 3.05) is 13.6 Å². The van der Waals surface area contributed by atoms with E-state index in [-0.39, 0.29) is 18.8 Å². The van der Waals surface area contributed by atoms with Gasteiger partial charge in [0.1, 0.15) is 5.82 Å². The van der Waals surface area contributed by atoms with Crippen LogP contribution in [0.15, 0.2) is 48.5 Å². The number of nitrogens with one attached hydrogen (secondary N) is 2. The third-order valence-electron chi connectivity index (χ3n) is 3.76. The van der Waals surface area contributed by atoms with Crippen LogP contribution in [0.2, 0.25) is 5.02 Å². The minimum absolute atomic E-state index is 0.112. The normalized spacial score (nSPS) is 10.6. The molecule has 2 N–H and O–H groups in total. The van der Waals surface area contributed by atoms with E-state index in [0.29, 0.717) is 23.7 Å². The molecule has 0 aromatic heterocycles. The van der Waals surface area contributed by atoms with Gasteiger partial charge in [-0.05, 0) is 24.7 Å². The summed E-state index contributed by atoms with van der Waals surface area (Å²) in [5.41, 5.74) is 1.33. The van der Waals surface area contributed by atoms with E-state index >= 15 is 0 Å². The molecule has 0 radical (unpaired) electrons. The lowest BCUT2D eigenvalue weighted by atomic mass is 10.2. The van der Waals surface area contributed by atoms with Crippen molar-refractivity contribution in [2.45, 2.75) is 19.5 Å². The molecule has 5 nitrogen and oxygen atoms in total. The zero-order chi connectivity index (χ0) is 18.9. The van der Waals surface area contributed by atoms with Gasteiger partial charge in [0.25, 0.3) is 0 Å². The van der Waals surface area contributed by atoms with E-state index in [1.54, 1.807) is 24.1 Å². The second kappa shape index (κ2) is 9.89. The summed E-state index contributed by atoms with van der Waals surface area (Å²) in [7, 11) is 1.76. The number of nitrogens with zero attached hydrogens (tertiary/aromatic N) is 1. The second-order valence-electron chi connectivity index (χ2n) is 5.90. The van der Waals surface area contributed by atoms with E-state index < -0.39 is 11.9 Å². The summed E-state index contributed by atoms with van der Waals surface area (Å²) in [4.78, 5) is 25.4. The monoisotopic (exact) mass is 377 g/mol. The predicted molar refractivity (Wildman–Crippen MR) is 99.2 cm³/mol. The molecule has 0 spiro atoms. The highest BCUT2D eigenvalue weighted by atomic mass is 35.5. The fourth-order valence-electron chi connectivity index (χ4n) is 2.34. The van der Waals surface area contributed by atoms with Gasteiger partial charge >= 0.3 is 6.03 Å². The van der Waals surface area contributed by atoms with Crippen molar-refractivity contribution in [2.24, 2.45) is 0 Å². The Morgan fingerprint density at radius 3 is 2.54 bits per heavy atom. The number of urea groups is 1. The van der Waals surface area contributed by atoms with E-state index in [2.05, 4.69) is 10.6 Å². The maximum Gasteiger partial charge on any atom is 0.321 e. The van der Waals surface area contributed by atoms with Crippen molar-refractivity contribution in [3.8, 4) is 0 Å². The Morgan fingerprint density at radius 1 is 1.12 bits per heavy atom. The number of carbonyl (C=O) groups is 2. The molecule has 0 bridgehead atoms. The molecule has 0 unspecified atom stereocenters. The molecule has 3 amide bonds. The third kappa shape index (κ3) is 6.46. The summed E-state index contributed by atoms with van der Waals surface area (Å²) in [5, 5.41) is 5.25. The lowest BCUT2D eigenvalue weighted by Crippen LogP contribution is -2.40. The van der Waals surface area contributed by atoms with Crippen LogP contribution in [0.5, 0.6) is 0 Å². The van der Waals surface area contributed by atoms with Gasteiger partial charge in [0.15, 0.2) is 0 Å². The van der Waals surface area contributed by atoms with Crippen LogP contribution < -0.4 is 10.6 Å². The van der Waals surface area contributed by atoms with E-state index in [1.165, 1.54) is 6.07 Å². The molecular formula is C19H21ClFN3O2. The fraction of sp³-hybridized carbons (Fsp3) is 0.263. The lowest BCUT2D eigenvalue weighted by molar-refractivity contribution is -0.120. The molecule has 138 valence electrons. The molecule has 0 fully saturated rings. The fourth-order valence-corrected chi connectivity index (χ4v) is 2.56.